The van der Waals surface area contributed by atoms with Crippen LogP contribution in [0.2, 0.25) is 0 Å². The van der Waals surface area contributed by atoms with Crippen molar-refractivity contribution < 1.29 is 23.3 Å². The minimum atomic E-state index is -0.641. The van der Waals surface area contributed by atoms with Gasteiger partial charge in [0.2, 0.25) is 5.91 Å². The largest absolute Gasteiger partial charge is 0.459 e. The van der Waals surface area contributed by atoms with Gasteiger partial charge in [0, 0.05) is 30.4 Å². The molecule has 0 unspecified atom stereocenters. The van der Waals surface area contributed by atoms with Crippen molar-refractivity contribution in [2.75, 3.05) is 10.6 Å². The predicted molar refractivity (Wildman–Crippen MR) is 118 cm³/mol. The molecular formula is C22H18N4O7. The minimum Gasteiger partial charge on any atom is -0.459 e. The van der Waals surface area contributed by atoms with E-state index in [9.17, 15) is 24.5 Å². The van der Waals surface area contributed by atoms with E-state index in [0.717, 1.165) is 0 Å². The number of carbonyl (C=O) groups is 2. The van der Waals surface area contributed by atoms with Crippen LogP contribution >= 0.6 is 0 Å². The van der Waals surface area contributed by atoms with Crippen molar-refractivity contribution in [1.29, 1.82) is 0 Å². The van der Waals surface area contributed by atoms with Crippen LogP contribution in [0.25, 0.3) is 11.1 Å². The van der Waals surface area contributed by atoms with Gasteiger partial charge < -0.3 is 19.5 Å². The highest BCUT2D eigenvalue weighted by Gasteiger charge is 2.14. The molecule has 0 fully saturated rings. The van der Waals surface area contributed by atoms with Gasteiger partial charge in [0.05, 0.1) is 22.8 Å². The van der Waals surface area contributed by atoms with Crippen LogP contribution in [0.3, 0.4) is 0 Å². The number of aromatic nitrogens is 1. The van der Waals surface area contributed by atoms with Crippen LogP contribution < -0.4 is 16.4 Å². The van der Waals surface area contributed by atoms with E-state index in [-0.39, 0.29) is 41.8 Å². The summed E-state index contributed by atoms with van der Waals surface area (Å²) < 4.78 is 11.4. The Labute approximate surface area is 185 Å². The normalized spacial score (nSPS) is 10.8. The van der Waals surface area contributed by atoms with Gasteiger partial charge in [-0.2, -0.15) is 0 Å². The molecular weight excluding hydrogens is 432 g/mol. The van der Waals surface area contributed by atoms with Gasteiger partial charge in [0.1, 0.15) is 0 Å². The standard InChI is InChI=1S/C22H18N4O7/c27-20(23-14-5-7-15(8-6-14)24-21(28)18-3-2-12-32-18)4-1-11-25-17-10-9-16(26(30)31)13-19(17)33-22(25)29/h2-3,5-10,12-13H,1,4,11H2,(H,23,27)(H,24,28). The number of hydrogen-bond acceptors (Lipinski definition) is 7. The van der Waals surface area contributed by atoms with E-state index in [1.165, 1.54) is 29.0 Å². The molecule has 11 heteroatoms. The second kappa shape index (κ2) is 9.22. The van der Waals surface area contributed by atoms with Gasteiger partial charge in [-0.15, -0.1) is 0 Å². The molecule has 4 rings (SSSR count). The summed E-state index contributed by atoms with van der Waals surface area (Å²) in [5, 5.41) is 16.3. The number of hydrogen-bond donors (Lipinski definition) is 2. The predicted octanol–water partition coefficient (Wildman–Crippen LogP) is 3.77. The summed E-state index contributed by atoms with van der Waals surface area (Å²) in [5.41, 5.74) is 1.47. The zero-order chi connectivity index (χ0) is 23.4. The van der Waals surface area contributed by atoms with Crippen LogP contribution in [0.1, 0.15) is 23.4 Å². The number of anilines is 2. The molecule has 0 saturated heterocycles. The average Bonchev–Trinajstić information content (AvgIpc) is 3.43. The fourth-order valence-corrected chi connectivity index (χ4v) is 3.24. The van der Waals surface area contributed by atoms with Crippen LogP contribution in [0, 0.1) is 10.1 Å². The van der Waals surface area contributed by atoms with E-state index < -0.39 is 10.7 Å². The molecule has 0 bridgehead atoms. The van der Waals surface area contributed by atoms with Crippen molar-refractivity contribution in [3.8, 4) is 0 Å². The maximum absolute atomic E-state index is 12.2. The zero-order valence-electron chi connectivity index (χ0n) is 17.1. The summed E-state index contributed by atoms with van der Waals surface area (Å²) in [6, 6.07) is 13.7. The highest BCUT2D eigenvalue weighted by molar-refractivity contribution is 6.02. The van der Waals surface area contributed by atoms with Crippen molar-refractivity contribution in [2.45, 2.75) is 19.4 Å². The number of nitrogens with zero attached hydrogens (tertiary/aromatic N) is 2. The van der Waals surface area contributed by atoms with Crippen LogP contribution in [0.5, 0.6) is 0 Å². The zero-order valence-corrected chi connectivity index (χ0v) is 17.1. The highest BCUT2D eigenvalue weighted by atomic mass is 16.6. The molecule has 2 N–H and O–H groups in total. The first-order valence-electron chi connectivity index (χ1n) is 9.93. The van der Waals surface area contributed by atoms with E-state index in [2.05, 4.69) is 10.6 Å². The summed E-state index contributed by atoms with van der Waals surface area (Å²) >= 11 is 0. The summed E-state index contributed by atoms with van der Waals surface area (Å²) in [6.45, 7) is 0.217. The van der Waals surface area contributed by atoms with Gasteiger partial charge in [0.15, 0.2) is 11.3 Å². The Hall–Kier alpha value is -4.67. The van der Waals surface area contributed by atoms with Gasteiger partial charge in [-0.05, 0) is 48.9 Å². The van der Waals surface area contributed by atoms with Crippen molar-refractivity contribution in [3.05, 3.63) is 87.3 Å². The van der Waals surface area contributed by atoms with Gasteiger partial charge in [-0.1, -0.05) is 0 Å². The number of nitro benzene ring substituents is 1. The first-order chi connectivity index (χ1) is 15.9. The summed E-state index contributed by atoms with van der Waals surface area (Å²) in [6.07, 6.45) is 1.91. The number of amides is 2. The van der Waals surface area contributed by atoms with Crippen molar-refractivity contribution in [2.24, 2.45) is 0 Å². The first-order valence-corrected chi connectivity index (χ1v) is 9.93. The SMILES string of the molecule is O=C(CCCn1c(=O)oc2cc([N+](=O)[O-])ccc21)Nc1ccc(NC(=O)c2ccco2)cc1. The molecule has 0 radical (unpaired) electrons. The van der Waals surface area contributed by atoms with E-state index in [1.54, 1.807) is 36.4 Å². The lowest BCUT2D eigenvalue weighted by molar-refractivity contribution is -0.384. The number of rotatable bonds is 8. The van der Waals surface area contributed by atoms with Crippen LogP contribution in [-0.4, -0.2) is 21.3 Å². The number of fused-ring (bicyclic) bond motifs is 1. The number of oxazole rings is 1. The first kappa shape index (κ1) is 21.6. The Morgan fingerprint density at radius 2 is 1.76 bits per heavy atom. The van der Waals surface area contributed by atoms with E-state index >= 15 is 0 Å². The van der Waals surface area contributed by atoms with Crippen molar-refractivity contribution in [3.63, 3.8) is 0 Å². The lowest BCUT2D eigenvalue weighted by Gasteiger charge is -2.08. The maximum atomic E-state index is 12.2. The second-order valence-corrected chi connectivity index (χ2v) is 7.09. The molecule has 2 aromatic carbocycles. The summed E-state index contributed by atoms with van der Waals surface area (Å²) in [7, 11) is 0. The highest BCUT2D eigenvalue weighted by Crippen LogP contribution is 2.20. The van der Waals surface area contributed by atoms with Crippen molar-refractivity contribution >= 4 is 40.0 Å². The number of furan rings is 1. The smallest absolute Gasteiger partial charge is 0.419 e. The Balaban J connectivity index is 1.30. The Morgan fingerprint density at radius 1 is 1.03 bits per heavy atom. The van der Waals surface area contributed by atoms with Gasteiger partial charge in [0.25, 0.3) is 11.6 Å². The number of nitrogens with one attached hydrogen (secondary N) is 2. The molecule has 168 valence electrons. The van der Waals surface area contributed by atoms with E-state index in [4.69, 9.17) is 8.83 Å². The molecule has 33 heavy (non-hydrogen) atoms. The van der Waals surface area contributed by atoms with Crippen LogP contribution in [-0.2, 0) is 11.3 Å². The molecule has 0 aliphatic rings. The van der Waals surface area contributed by atoms with Gasteiger partial charge in [-0.25, -0.2) is 4.79 Å². The lowest BCUT2D eigenvalue weighted by Crippen LogP contribution is -2.17. The molecule has 0 aliphatic heterocycles. The average molecular weight is 450 g/mol. The topological polar surface area (TPSA) is 150 Å². The quantitative estimate of drug-likeness (QED) is 0.306. The lowest BCUT2D eigenvalue weighted by atomic mass is 10.2. The van der Waals surface area contributed by atoms with Crippen molar-refractivity contribution in [1.82, 2.24) is 4.57 Å². The van der Waals surface area contributed by atoms with Gasteiger partial charge >= 0.3 is 5.76 Å². The third kappa shape index (κ3) is 4.98. The van der Waals surface area contributed by atoms with E-state index in [1.807, 2.05) is 0 Å². The van der Waals surface area contributed by atoms with Crippen LogP contribution in [0.4, 0.5) is 17.1 Å². The second-order valence-electron chi connectivity index (χ2n) is 7.09. The fourth-order valence-electron chi connectivity index (χ4n) is 3.24. The molecule has 2 heterocycles. The third-order valence-corrected chi connectivity index (χ3v) is 4.82. The maximum Gasteiger partial charge on any atom is 0.419 e. The molecule has 4 aromatic rings. The number of aryl methyl sites for hydroxylation is 1. The number of benzene rings is 2. The molecule has 0 atom stereocenters. The van der Waals surface area contributed by atoms with Crippen LogP contribution in [0.15, 0.2) is 74.5 Å². The van der Waals surface area contributed by atoms with Gasteiger partial charge in [-0.3, -0.25) is 24.3 Å². The number of carbonyl (C=O) groups excluding carboxylic acids is 2. The molecule has 0 spiro atoms. The van der Waals surface area contributed by atoms with E-state index in [0.29, 0.717) is 23.3 Å². The Bertz CT molecular complexity index is 1370. The summed E-state index contributed by atoms with van der Waals surface area (Å²) in [4.78, 5) is 46.6. The molecule has 0 saturated carbocycles. The minimum absolute atomic E-state index is 0.123. The molecule has 2 aromatic heterocycles. The Kier molecular flexibility index (Phi) is 6.02. The fraction of sp³-hybridized carbons (Fsp3) is 0.136. The monoisotopic (exact) mass is 450 g/mol. The number of non-ortho nitro benzene ring substituents is 1. The molecule has 0 aliphatic carbocycles. The molecule has 2 amide bonds. The number of nitro groups is 1. The third-order valence-electron chi connectivity index (χ3n) is 4.82. The Morgan fingerprint density at radius 3 is 2.42 bits per heavy atom. The summed E-state index contributed by atoms with van der Waals surface area (Å²) in [5.74, 6) is -1.08. The molecule has 11 nitrogen and oxygen atoms in total.